The smallest absolute Gasteiger partial charge is 0.272 e. The number of hydrogen-bond donors (Lipinski definition) is 3. The van der Waals surface area contributed by atoms with Crippen molar-refractivity contribution in [3.63, 3.8) is 0 Å². The number of amides is 2. The van der Waals surface area contributed by atoms with E-state index >= 15 is 0 Å². The number of aromatic amines is 1. The number of carbonyl (C=O) groups excluding carboxylic acids is 2. The van der Waals surface area contributed by atoms with Crippen molar-refractivity contribution in [3.05, 3.63) is 53.6 Å². The number of nitrogens with zero attached hydrogens (tertiary/aromatic N) is 1. The van der Waals surface area contributed by atoms with Gasteiger partial charge in [-0.2, -0.15) is 0 Å². The minimum absolute atomic E-state index is 0.0977. The van der Waals surface area contributed by atoms with E-state index < -0.39 is 5.54 Å². The normalized spacial score (nSPS) is 11.0. The van der Waals surface area contributed by atoms with E-state index in [1.165, 1.54) is 6.33 Å². The minimum atomic E-state index is -0.395. The van der Waals surface area contributed by atoms with E-state index in [0.717, 1.165) is 5.56 Å². The minimum Gasteiger partial charge on any atom is -0.347 e. The maximum absolute atomic E-state index is 12.2. The second-order valence-corrected chi connectivity index (χ2v) is 6.00. The first-order valence-electron chi connectivity index (χ1n) is 7.05. The third-order valence-corrected chi connectivity index (χ3v) is 2.87. The molecule has 0 fully saturated rings. The van der Waals surface area contributed by atoms with Crippen molar-refractivity contribution in [1.82, 2.24) is 20.6 Å². The maximum Gasteiger partial charge on any atom is 0.272 e. The number of nitrogens with one attached hydrogen (secondary N) is 3. The van der Waals surface area contributed by atoms with Gasteiger partial charge in [0.15, 0.2) is 5.69 Å². The Bertz CT molecular complexity index is 656. The molecule has 1 aromatic carbocycles. The molecule has 22 heavy (non-hydrogen) atoms. The fraction of sp³-hybridized carbons (Fsp3) is 0.312. The van der Waals surface area contributed by atoms with Crippen LogP contribution in [0, 0.1) is 0 Å². The molecule has 1 aromatic heterocycles. The molecule has 0 bridgehead atoms. The molecular weight excluding hydrogens is 280 g/mol. The van der Waals surface area contributed by atoms with Crippen LogP contribution >= 0.6 is 0 Å². The molecule has 6 heteroatoms. The molecule has 6 nitrogen and oxygen atoms in total. The maximum atomic E-state index is 12.2. The summed E-state index contributed by atoms with van der Waals surface area (Å²) in [5.41, 5.74) is 0.850. The average Bonchev–Trinajstić information content (AvgIpc) is 2.93. The second kappa shape index (κ2) is 6.43. The van der Waals surface area contributed by atoms with Crippen LogP contribution in [0.25, 0.3) is 0 Å². The van der Waals surface area contributed by atoms with E-state index in [9.17, 15) is 9.59 Å². The van der Waals surface area contributed by atoms with E-state index in [4.69, 9.17) is 0 Å². The Labute approximate surface area is 129 Å². The lowest BCUT2D eigenvalue weighted by Gasteiger charge is -2.19. The fourth-order valence-corrected chi connectivity index (χ4v) is 1.91. The predicted octanol–water partition coefficient (Wildman–Crippen LogP) is 1.87. The highest BCUT2D eigenvalue weighted by Crippen LogP contribution is 2.07. The molecule has 2 amide bonds. The zero-order chi connectivity index (χ0) is 16.2. The molecule has 0 aliphatic heterocycles. The monoisotopic (exact) mass is 300 g/mol. The Morgan fingerprint density at radius 2 is 1.82 bits per heavy atom. The zero-order valence-electron chi connectivity index (χ0n) is 12.9. The van der Waals surface area contributed by atoms with Gasteiger partial charge in [0.2, 0.25) is 0 Å². The van der Waals surface area contributed by atoms with Crippen molar-refractivity contribution in [1.29, 1.82) is 0 Å². The van der Waals surface area contributed by atoms with Gasteiger partial charge in [-0.1, -0.05) is 30.3 Å². The van der Waals surface area contributed by atoms with E-state index in [2.05, 4.69) is 20.6 Å². The Balaban J connectivity index is 2.05. The summed E-state index contributed by atoms with van der Waals surface area (Å²) in [7, 11) is 0. The number of rotatable bonds is 4. The van der Waals surface area contributed by atoms with Gasteiger partial charge in [0.1, 0.15) is 5.69 Å². The average molecular weight is 300 g/mol. The summed E-state index contributed by atoms with van der Waals surface area (Å²) >= 11 is 0. The third-order valence-electron chi connectivity index (χ3n) is 2.87. The molecule has 1 heterocycles. The number of imidazole rings is 1. The highest BCUT2D eigenvalue weighted by Gasteiger charge is 2.23. The van der Waals surface area contributed by atoms with Gasteiger partial charge in [0.05, 0.1) is 6.33 Å². The lowest BCUT2D eigenvalue weighted by Crippen LogP contribution is -2.41. The van der Waals surface area contributed by atoms with E-state index in [1.54, 1.807) is 0 Å². The first-order chi connectivity index (χ1) is 10.4. The van der Waals surface area contributed by atoms with Crippen molar-refractivity contribution < 1.29 is 9.59 Å². The Hall–Kier alpha value is -2.63. The zero-order valence-corrected chi connectivity index (χ0v) is 12.9. The summed E-state index contributed by atoms with van der Waals surface area (Å²) in [5.74, 6) is -0.737. The molecule has 0 radical (unpaired) electrons. The molecule has 0 saturated carbocycles. The molecule has 0 unspecified atom stereocenters. The molecule has 116 valence electrons. The van der Waals surface area contributed by atoms with Crippen molar-refractivity contribution in [3.8, 4) is 0 Å². The Morgan fingerprint density at radius 1 is 1.14 bits per heavy atom. The van der Waals surface area contributed by atoms with Crippen LogP contribution in [0.5, 0.6) is 0 Å². The largest absolute Gasteiger partial charge is 0.347 e. The van der Waals surface area contributed by atoms with Crippen LogP contribution in [0.1, 0.15) is 47.3 Å². The van der Waals surface area contributed by atoms with Crippen molar-refractivity contribution >= 4 is 11.8 Å². The van der Waals surface area contributed by atoms with Crippen LogP contribution in [0.4, 0.5) is 0 Å². The van der Waals surface area contributed by atoms with Crippen molar-refractivity contribution in [2.45, 2.75) is 32.9 Å². The van der Waals surface area contributed by atoms with Crippen LogP contribution in [0.15, 0.2) is 36.7 Å². The third kappa shape index (κ3) is 4.18. The fourth-order valence-electron chi connectivity index (χ4n) is 1.91. The lowest BCUT2D eigenvalue weighted by atomic mass is 10.1. The predicted molar refractivity (Wildman–Crippen MR) is 83.4 cm³/mol. The number of carbonyl (C=O) groups is 2. The van der Waals surface area contributed by atoms with Crippen LogP contribution in [-0.4, -0.2) is 27.3 Å². The standard InChI is InChI=1S/C16H20N4O2/c1-16(2,3)20-15(22)13-12(18-10-19-13)14(21)17-9-11-7-5-4-6-8-11/h4-8,10H,9H2,1-3H3,(H,17,21)(H,18,19)(H,20,22). The first-order valence-corrected chi connectivity index (χ1v) is 7.05. The van der Waals surface area contributed by atoms with E-state index in [1.807, 2.05) is 51.1 Å². The van der Waals surface area contributed by atoms with Gasteiger partial charge in [-0.15, -0.1) is 0 Å². The SMILES string of the molecule is CC(C)(C)NC(=O)c1nc[nH]c1C(=O)NCc1ccccc1. The van der Waals surface area contributed by atoms with E-state index in [0.29, 0.717) is 6.54 Å². The quantitative estimate of drug-likeness (QED) is 0.805. The summed E-state index contributed by atoms with van der Waals surface area (Å²) in [4.78, 5) is 31.0. The Morgan fingerprint density at radius 3 is 2.45 bits per heavy atom. The summed E-state index contributed by atoms with van der Waals surface area (Å²) < 4.78 is 0. The van der Waals surface area contributed by atoms with E-state index in [-0.39, 0.29) is 23.2 Å². The molecule has 2 rings (SSSR count). The molecule has 0 aliphatic rings. The topological polar surface area (TPSA) is 86.9 Å². The summed E-state index contributed by atoms with van der Waals surface area (Å²) in [6, 6.07) is 9.55. The lowest BCUT2D eigenvalue weighted by molar-refractivity contribution is 0.0891. The molecule has 3 N–H and O–H groups in total. The van der Waals surface area contributed by atoms with Gasteiger partial charge in [-0.05, 0) is 26.3 Å². The van der Waals surface area contributed by atoms with Crippen LogP contribution < -0.4 is 10.6 Å². The summed E-state index contributed by atoms with van der Waals surface area (Å²) in [6.45, 7) is 5.99. The molecule has 0 atom stereocenters. The summed E-state index contributed by atoms with van der Waals surface area (Å²) in [5, 5.41) is 5.56. The summed E-state index contributed by atoms with van der Waals surface area (Å²) in [6.07, 6.45) is 1.34. The van der Waals surface area contributed by atoms with Gasteiger partial charge in [0, 0.05) is 12.1 Å². The number of aromatic nitrogens is 2. The molecule has 0 aliphatic carbocycles. The number of H-pyrrole nitrogens is 1. The van der Waals surface area contributed by atoms with Crippen LogP contribution in [0.3, 0.4) is 0 Å². The number of benzene rings is 1. The van der Waals surface area contributed by atoms with Gasteiger partial charge < -0.3 is 15.6 Å². The van der Waals surface area contributed by atoms with Crippen molar-refractivity contribution in [2.75, 3.05) is 0 Å². The van der Waals surface area contributed by atoms with Crippen LogP contribution in [0.2, 0.25) is 0 Å². The molecule has 0 spiro atoms. The van der Waals surface area contributed by atoms with Gasteiger partial charge >= 0.3 is 0 Å². The molecular formula is C16H20N4O2. The van der Waals surface area contributed by atoms with Gasteiger partial charge in [-0.25, -0.2) is 4.98 Å². The highest BCUT2D eigenvalue weighted by atomic mass is 16.2. The van der Waals surface area contributed by atoms with Crippen LogP contribution in [-0.2, 0) is 6.54 Å². The van der Waals surface area contributed by atoms with Gasteiger partial charge in [0.25, 0.3) is 11.8 Å². The van der Waals surface area contributed by atoms with Gasteiger partial charge in [-0.3, -0.25) is 9.59 Å². The first kappa shape index (κ1) is 15.8. The number of hydrogen-bond acceptors (Lipinski definition) is 3. The molecule has 2 aromatic rings. The second-order valence-electron chi connectivity index (χ2n) is 6.00. The van der Waals surface area contributed by atoms with Crippen molar-refractivity contribution in [2.24, 2.45) is 0 Å². The Kier molecular flexibility index (Phi) is 4.60. The highest BCUT2D eigenvalue weighted by molar-refractivity contribution is 6.04. The molecule has 0 saturated heterocycles.